The van der Waals surface area contributed by atoms with E-state index in [0.29, 0.717) is 12.6 Å². The topological polar surface area (TPSA) is 64.9 Å². The highest BCUT2D eigenvalue weighted by atomic mass is 16.5. The van der Waals surface area contributed by atoms with Crippen LogP contribution in [0.5, 0.6) is 5.75 Å². The Kier molecular flexibility index (Phi) is 5.27. The average molecular weight is 289 g/mol. The average Bonchev–Trinajstić information content (AvgIpc) is 2.93. The van der Waals surface area contributed by atoms with Gasteiger partial charge in [-0.05, 0) is 35.9 Å². The van der Waals surface area contributed by atoms with Crippen molar-refractivity contribution in [3.05, 3.63) is 30.1 Å². The number of hydrogen-bond acceptors (Lipinski definition) is 5. The molecule has 114 valence electrons. The predicted molar refractivity (Wildman–Crippen MR) is 81.5 cm³/mol. The second-order valence-corrected chi connectivity index (χ2v) is 5.38. The lowest BCUT2D eigenvalue weighted by Crippen LogP contribution is -2.24. The van der Waals surface area contributed by atoms with E-state index in [1.165, 1.54) is 0 Å². The first-order valence-corrected chi connectivity index (χ1v) is 7.38. The smallest absolute Gasteiger partial charge is 0.170 e. The highest BCUT2D eigenvalue weighted by molar-refractivity contribution is 5.39. The van der Waals surface area contributed by atoms with Crippen LogP contribution in [0.15, 0.2) is 24.3 Å². The van der Waals surface area contributed by atoms with Crippen LogP contribution >= 0.6 is 0 Å². The van der Waals surface area contributed by atoms with E-state index in [1.54, 1.807) is 4.68 Å². The molecule has 1 unspecified atom stereocenters. The van der Waals surface area contributed by atoms with E-state index in [9.17, 15) is 0 Å². The summed E-state index contributed by atoms with van der Waals surface area (Å²) in [4.78, 5) is 0. The zero-order valence-corrected chi connectivity index (χ0v) is 13.1. The van der Waals surface area contributed by atoms with Gasteiger partial charge in [-0.2, -0.15) is 4.68 Å². The minimum Gasteiger partial charge on any atom is -0.491 e. The van der Waals surface area contributed by atoms with Crippen LogP contribution in [0.3, 0.4) is 0 Å². The van der Waals surface area contributed by atoms with E-state index in [2.05, 4.69) is 48.5 Å². The van der Waals surface area contributed by atoms with Gasteiger partial charge in [0.15, 0.2) is 5.82 Å². The van der Waals surface area contributed by atoms with Gasteiger partial charge in [0.05, 0.1) is 18.3 Å². The first-order valence-electron chi connectivity index (χ1n) is 7.38. The Morgan fingerprint density at radius 1 is 1.29 bits per heavy atom. The molecular weight excluding hydrogens is 266 g/mol. The summed E-state index contributed by atoms with van der Waals surface area (Å²) in [5, 5.41) is 15.2. The van der Waals surface area contributed by atoms with E-state index < -0.39 is 0 Å². The van der Waals surface area contributed by atoms with Gasteiger partial charge >= 0.3 is 0 Å². The molecule has 0 aliphatic carbocycles. The van der Waals surface area contributed by atoms with Crippen LogP contribution in [0, 0.1) is 0 Å². The summed E-state index contributed by atoms with van der Waals surface area (Å²) in [6.07, 6.45) is 1.16. The monoisotopic (exact) mass is 289 g/mol. The number of hydrogen-bond donors (Lipinski definition) is 1. The summed E-state index contributed by atoms with van der Waals surface area (Å²) in [5.74, 6) is 1.62. The molecule has 1 aromatic heterocycles. The van der Waals surface area contributed by atoms with Gasteiger partial charge < -0.3 is 10.1 Å². The normalized spacial score (nSPS) is 12.6. The summed E-state index contributed by atoms with van der Waals surface area (Å²) >= 11 is 0. The van der Waals surface area contributed by atoms with E-state index in [4.69, 9.17) is 4.74 Å². The number of aromatic nitrogens is 4. The lowest BCUT2D eigenvalue weighted by atomic mass is 10.2. The molecule has 1 aromatic carbocycles. The fourth-order valence-corrected chi connectivity index (χ4v) is 1.82. The largest absolute Gasteiger partial charge is 0.491 e. The molecule has 0 fully saturated rings. The number of ether oxygens (including phenoxy) is 1. The first kappa shape index (κ1) is 15.4. The molecule has 6 nitrogen and oxygen atoms in total. The second kappa shape index (κ2) is 7.17. The number of tetrazole rings is 1. The van der Waals surface area contributed by atoms with Crippen LogP contribution < -0.4 is 10.1 Å². The Hall–Kier alpha value is -1.95. The van der Waals surface area contributed by atoms with Gasteiger partial charge in [-0.15, -0.1) is 5.10 Å². The predicted octanol–water partition coefficient (Wildman–Crippen LogP) is 2.34. The molecule has 0 radical (unpaired) electrons. The molecule has 0 aliphatic rings. The Labute approximate surface area is 125 Å². The quantitative estimate of drug-likeness (QED) is 0.847. The van der Waals surface area contributed by atoms with E-state index in [1.807, 2.05) is 24.3 Å². The van der Waals surface area contributed by atoms with Gasteiger partial charge in [0, 0.05) is 12.1 Å². The minimum absolute atomic E-state index is 0.191. The highest BCUT2D eigenvalue weighted by Crippen LogP contribution is 2.18. The molecule has 0 saturated carbocycles. The Bertz CT molecular complexity index is 567. The van der Waals surface area contributed by atoms with Crippen molar-refractivity contribution in [2.24, 2.45) is 0 Å². The molecule has 2 aromatic rings. The van der Waals surface area contributed by atoms with Crippen molar-refractivity contribution in [1.82, 2.24) is 25.5 Å². The molecule has 0 aliphatic heterocycles. The Morgan fingerprint density at radius 2 is 2.10 bits per heavy atom. The molecular formula is C15H23N5O. The van der Waals surface area contributed by atoms with Crippen LogP contribution in [-0.4, -0.2) is 32.4 Å². The maximum atomic E-state index is 5.84. The second-order valence-electron chi connectivity index (χ2n) is 5.38. The summed E-state index contributed by atoms with van der Waals surface area (Å²) in [6.45, 7) is 8.97. The Morgan fingerprint density at radius 3 is 2.81 bits per heavy atom. The lowest BCUT2D eigenvalue weighted by Gasteiger charge is -2.14. The lowest BCUT2D eigenvalue weighted by molar-refractivity contribution is 0.217. The zero-order chi connectivity index (χ0) is 15.2. The Balaban J connectivity index is 2.18. The van der Waals surface area contributed by atoms with Crippen molar-refractivity contribution in [3.63, 3.8) is 0 Å². The number of rotatable bonds is 7. The fraction of sp³-hybridized carbons (Fsp3) is 0.533. The summed E-state index contributed by atoms with van der Waals surface area (Å²) in [6, 6.07) is 8.22. The van der Waals surface area contributed by atoms with Crippen LogP contribution in [0.25, 0.3) is 5.69 Å². The molecule has 0 amide bonds. The first-order chi connectivity index (χ1) is 10.1. The number of nitrogens with zero attached hydrogens (tertiary/aromatic N) is 4. The summed E-state index contributed by atoms with van der Waals surface area (Å²) in [7, 11) is 0. The van der Waals surface area contributed by atoms with Gasteiger partial charge in [0.2, 0.25) is 0 Å². The van der Waals surface area contributed by atoms with Crippen molar-refractivity contribution < 1.29 is 4.74 Å². The summed E-state index contributed by atoms with van der Waals surface area (Å²) < 4.78 is 7.58. The van der Waals surface area contributed by atoms with Crippen molar-refractivity contribution in [3.8, 4) is 11.4 Å². The zero-order valence-electron chi connectivity index (χ0n) is 13.1. The standard InChI is InChI=1S/C15H23N5O/c1-5-12(4)21-14-8-6-7-13(9-14)20-15(17-18-19-20)10-16-11(2)3/h6-9,11-12,16H,5,10H2,1-4H3. The molecule has 1 heterocycles. The fourth-order valence-electron chi connectivity index (χ4n) is 1.82. The highest BCUT2D eigenvalue weighted by Gasteiger charge is 2.10. The van der Waals surface area contributed by atoms with Gasteiger partial charge in [-0.25, -0.2) is 0 Å². The van der Waals surface area contributed by atoms with Crippen LogP contribution in [0.2, 0.25) is 0 Å². The number of benzene rings is 1. The maximum absolute atomic E-state index is 5.84. The third-order valence-corrected chi connectivity index (χ3v) is 3.18. The molecule has 2 rings (SSSR count). The van der Waals surface area contributed by atoms with Crippen molar-refractivity contribution in [2.45, 2.75) is 52.8 Å². The third-order valence-electron chi connectivity index (χ3n) is 3.18. The molecule has 0 bridgehead atoms. The SMILES string of the molecule is CCC(C)Oc1cccc(-n2nnnc2CNC(C)C)c1. The van der Waals surface area contributed by atoms with Crippen LogP contribution in [0.1, 0.15) is 39.9 Å². The van der Waals surface area contributed by atoms with Crippen molar-refractivity contribution in [1.29, 1.82) is 0 Å². The maximum Gasteiger partial charge on any atom is 0.170 e. The molecule has 6 heteroatoms. The van der Waals surface area contributed by atoms with Crippen LogP contribution in [0.4, 0.5) is 0 Å². The van der Waals surface area contributed by atoms with Crippen LogP contribution in [-0.2, 0) is 6.54 Å². The van der Waals surface area contributed by atoms with E-state index in [-0.39, 0.29) is 6.10 Å². The summed E-state index contributed by atoms with van der Waals surface area (Å²) in [5.41, 5.74) is 0.904. The molecule has 0 spiro atoms. The molecule has 0 saturated heterocycles. The van der Waals surface area contributed by atoms with Gasteiger partial charge in [0.1, 0.15) is 5.75 Å². The van der Waals surface area contributed by atoms with E-state index in [0.717, 1.165) is 23.7 Å². The van der Waals surface area contributed by atoms with Gasteiger partial charge in [-0.1, -0.05) is 26.8 Å². The van der Waals surface area contributed by atoms with Crippen molar-refractivity contribution >= 4 is 0 Å². The van der Waals surface area contributed by atoms with E-state index >= 15 is 0 Å². The van der Waals surface area contributed by atoms with Gasteiger partial charge in [-0.3, -0.25) is 0 Å². The van der Waals surface area contributed by atoms with Crippen molar-refractivity contribution in [2.75, 3.05) is 0 Å². The minimum atomic E-state index is 0.191. The van der Waals surface area contributed by atoms with Gasteiger partial charge in [0.25, 0.3) is 0 Å². The third kappa shape index (κ3) is 4.26. The number of nitrogens with one attached hydrogen (secondary N) is 1. The molecule has 1 N–H and O–H groups in total. The molecule has 21 heavy (non-hydrogen) atoms. The molecule has 1 atom stereocenters.